The zero-order valence-corrected chi connectivity index (χ0v) is 12.3. The van der Waals surface area contributed by atoms with Gasteiger partial charge in [0.25, 0.3) is 0 Å². The van der Waals surface area contributed by atoms with Crippen molar-refractivity contribution in [3.8, 4) is 0 Å². The van der Waals surface area contributed by atoms with Crippen molar-refractivity contribution in [3.05, 3.63) is 0 Å². The van der Waals surface area contributed by atoms with E-state index in [1.54, 1.807) is 0 Å². The molecule has 0 aromatic rings. The normalized spacial score (nSPS) is 35.9. The molecule has 4 unspecified atom stereocenters. The van der Waals surface area contributed by atoms with Gasteiger partial charge < -0.3 is 15.4 Å². The molecule has 1 aliphatic heterocycles. The third-order valence-electron chi connectivity index (χ3n) is 4.72. The summed E-state index contributed by atoms with van der Waals surface area (Å²) in [5.74, 6) is 1.17. The predicted octanol–water partition coefficient (Wildman–Crippen LogP) is 1.63. The summed E-state index contributed by atoms with van der Waals surface area (Å²) in [5.41, 5.74) is 6.17. The second-order valence-corrected chi connectivity index (χ2v) is 6.40. The van der Waals surface area contributed by atoms with Gasteiger partial charge in [0.2, 0.25) is 5.91 Å². The topological polar surface area (TPSA) is 55.6 Å². The molecule has 110 valence electrons. The molecule has 0 radical (unpaired) electrons. The van der Waals surface area contributed by atoms with Gasteiger partial charge in [0, 0.05) is 26.2 Å². The Kier molecular flexibility index (Phi) is 5.22. The monoisotopic (exact) mass is 268 g/mol. The lowest BCUT2D eigenvalue weighted by Crippen LogP contribution is -2.49. The number of carbonyl (C=O) groups is 1. The quantitative estimate of drug-likeness (QED) is 0.846. The molecule has 2 aliphatic rings. The lowest BCUT2D eigenvalue weighted by Gasteiger charge is -2.37. The summed E-state index contributed by atoms with van der Waals surface area (Å²) in [7, 11) is 1.92. The maximum Gasteiger partial charge on any atom is 0.227 e. The molecule has 4 nitrogen and oxygen atoms in total. The summed E-state index contributed by atoms with van der Waals surface area (Å²) in [6.45, 7) is 4.65. The molecule has 1 saturated carbocycles. The Labute approximate surface area is 116 Å². The van der Waals surface area contributed by atoms with Crippen molar-refractivity contribution in [2.45, 2.75) is 45.1 Å². The first-order valence-electron chi connectivity index (χ1n) is 7.68. The largest absolute Gasteiger partial charge is 0.381 e. The van der Waals surface area contributed by atoms with Gasteiger partial charge in [0.1, 0.15) is 0 Å². The van der Waals surface area contributed by atoms with Crippen molar-refractivity contribution < 1.29 is 9.53 Å². The molecular weight excluding hydrogens is 240 g/mol. The molecule has 1 aliphatic carbocycles. The van der Waals surface area contributed by atoms with Crippen molar-refractivity contribution in [1.82, 2.24) is 4.90 Å². The van der Waals surface area contributed by atoms with E-state index >= 15 is 0 Å². The number of rotatable bonds is 3. The average molecular weight is 268 g/mol. The molecule has 2 fully saturated rings. The highest BCUT2D eigenvalue weighted by Gasteiger charge is 2.36. The lowest BCUT2D eigenvalue weighted by molar-refractivity contribution is -0.138. The molecule has 0 aromatic heterocycles. The Balaban J connectivity index is 1.89. The summed E-state index contributed by atoms with van der Waals surface area (Å²) < 4.78 is 5.49. The van der Waals surface area contributed by atoms with Crippen molar-refractivity contribution in [2.75, 3.05) is 26.8 Å². The minimum absolute atomic E-state index is 0.0169. The van der Waals surface area contributed by atoms with E-state index in [1.165, 1.54) is 6.42 Å². The van der Waals surface area contributed by atoms with Gasteiger partial charge in [-0.25, -0.2) is 0 Å². The summed E-state index contributed by atoms with van der Waals surface area (Å²) in [6.07, 6.45) is 5.56. The average Bonchev–Trinajstić information content (AvgIpc) is 2.39. The zero-order chi connectivity index (χ0) is 13.8. The van der Waals surface area contributed by atoms with E-state index in [-0.39, 0.29) is 17.9 Å². The van der Waals surface area contributed by atoms with Gasteiger partial charge >= 0.3 is 0 Å². The van der Waals surface area contributed by atoms with Crippen LogP contribution in [0.2, 0.25) is 0 Å². The highest BCUT2D eigenvalue weighted by atomic mass is 16.5. The summed E-state index contributed by atoms with van der Waals surface area (Å²) in [4.78, 5) is 14.5. The Morgan fingerprint density at radius 2 is 2.11 bits per heavy atom. The van der Waals surface area contributed by atoms with Crippen molar-refractivity contribution in [3.63, 3.8) is 0 Å². The first-order valence-corrected chi connectivity index (χ1v) is 7.68. The molecule has 1 amide bonds. The second-order valence-electron chi connectivity index (χ2n) is 6.40. The van der Waals surface area contributed by atoms with Crippen LogP contribution in [0.15, 0.2) is 0 Å². The van der Waals surface area contributed by atoms with Crippen LogP contribution in [0.4, 0.5) is 0 Å². The fourth-order valence-corrected chi connectivity index (χ4v) is 3.57. The molecule has 1 saturated heterocycles. The van der Waals surface area contributed by atoms with Gasteiger partial charge in [0.15, 0.2) is 0 Å². The van der Waals surface area contributed by atoms with Gasteiger partial charge in [-0.05, 0) is 37.5 Å². The Hall–Kier alpha value is -0.610. The molecule has 4 heteroatoms. The van der Waals surface area contributed by atoms with E-state index < -0.39 is 0 Å². The van der Waals surface area contributed by atoms with E-state index in [0.29, 0.717) is 11.8 Å². The van der Waals surface area contributed by atoms with E-state index in [4.69, 9.17) is 10.5 Å². The molecule has 0 aromatic carbocycles. The number of carbonyl (C=O) groups excluding carboxylic acids is 1. The van der Waals surface area contributed by atoms with Crippen molar-refractivity contribution >= 4 is 5.91 Å². The van der Waals surface area contributed by atoms with Crippen LogP contribution >= 0.6 is 0 Å². The summed E-state index contributed by atoms with van der Waals surface area (Å²) in [5, 5.41) is 0. The Bertz CT molecular complexity index is 293. The number of hydrogen-bond donors (Lipinski definition) is 1. The third kappa shape index (κ3) is 3.69. The SMILES string of the molecule is CC1CCCC(N)C1C(=O)N(C)CC1CCCOC1. The van der Waals surface area contributed by atoms with Gasteiger partial charge in [-0.1, -0.05) is 13.3 Å². The van der Waals surface area contributed by atoms with Crippen LogP contribution in [-0.2, 0) is 9.53 Å². The molecule has 4 atom stereocenters. The van der Waals surface area contributed by atoms with E-state index in [2.05, 4.69) is 6.92 Å². The van der Waals surface area contributed by atoms with Crippen LogP contribution in [0.1, 0.15) is 39.0 Å². The number of hydrogen-bond acceptors (Lipinski definition) is 3. The summed E-state index contributed by atoms with van der Waals surface area (Å²) in [6, 6.07) is 0.0429. The minimum atomic E-state index is 0.0169. The molecule has 19 heavy (non-hydrogen) atoms. The number of amides is 1. The summed E-state index contributed by atoms with van der Waals surface area (Å²) >= 11 is 0. The molecule has 2 rings (SSSR count). The second kappa shape index (κ2) is 6.71. The first-order chi connectivity index (χ1) is 9.09. The van der Waals surface area contributed by atoms with Gasteiger partial charge in [-0.15, -0.1) is 0 Å². The maximum absolute atomic E-state index is 12.6. The van der Waals surface area contributed by atoms with E-state index in [0.717, 1.165) is 45.4 Å². The molecule has 0 spiro atoms. The van der Waals surface area contributed by atoms with E-state index in [1.807, 2.05) is 11.9 Å². The first kappa shape index (κ1) is 14.8. The molecule has 1 heterocycles. The van der Waals surface area contributed by atoms with Gasteiger partial charge in [-0.2, -0.15) is 0 Å². The third-order valence-corrected chi connectivity index (χ3v) is 4.72. The fraction of sp³-hybridized carbons (Fsp3) is 0.933. The van der Waals surface area contributed by atoms with Gasteiger partial charge in [0.05, 0.1) is 12.5 Å². The number of ether oxygens (including phenoxy) is 1. The van der Waals surface area contributed by atoms with E-state index in [9.17, 15) is 4.79 Å². The highest BCUT2D eigenvalue weighted by molar-refractivity contribution is 5.79. The van der Waals surface area contributed by atoms with Crippen LogP contribution < -0.4 is 5.73 Å². The Morgan fingerprint density at radius 1 is 1.32 bits per heavy atom. The van der Waals surface area contributed by atoms with Crippen molar-refractivity contribution in [1.29, 1.82) is 0 Å². The maximum atomic E-state index is 12.6. The predicted molar refractivity (Wildman–Crippen MR) is 75.7 cm³/mol. The molecule has 2 N–H and O–H groups in total. The lowest BCUT2D eigenvalue weighted by atomic mass is 9.76. The van der Waals surface area contributed by atoms with Crippen LogP contribution in [0.5, 0.6) is 0 Å². The molecular formula is C15H28N2O2. The van der Waals surface area contributed by atoms with Crippen LogP contribution in [-0.4, -0.2) is 43.7 Å². The van der Waals surface area contributed by atoms with Crippen LogP contribution in [0.25, 0.3) is 0 Å². The zero-order valence-electron chi connectivity index (χ0n) is 12.3. The highest BCUT2D eigenvalue weighted by Crippen LogP contribution is 2.30. The standard InChI is InChI=1S/C15H28N2O2/c1-11-5-3-7-13(16)14(11)15(18)17(2)9-12-6-4-8-19-10-12/h11-14H,3-10,16H2,1-2H3. The van der Waals surface area contributed by atoms with Crippen LogP contribution in [0, 0.1) is 17.8 Å². The van der Waals surface area contributed by atoms with Crippen LogP contribution in [0.3, 0.4) is 0 Å². The fourth-order valence-electron chi connectivity index (χ4n) is 3.57. The molecule has 0 bridgehead atoms. The van der Waals surface area contributed by atoms with Crippen molar-refractivity contribution in [2.24, 2.45) is 23.5 Å². The number of nitrogens with two attached hydrogens (primary N) is 1. The Morgan fingerprint density at radius 3 is 2.74 bits per heavy atom. The smallest absolute Gasteiger partial charge is 0.227 e. The minimum Gasteiger partial charge on any atom is -0.381 e. The van der Waals surface area contributed by atoms with Gasteiger partial charge in [-0.3, -0.25) is 4.79 Å². The number of nitrogens with zero attached hydrogens (tertiary/aromatic N) is 1.